The first-order chi connectivity index (χ1) is 17.7. The summed E-state index contributed by atoms with van der Waals surface area (Å²) in [6, 6.07) is 5.88. The number of carbonyl (C=O) groups excluding carboxylic acids is 2. The minimum atomic E-state index is -3.61. The van der Waals surface area contributed by atoms with Crippen LogP contribution in [0.3, 0.4) is 0 Å². The van der Waals surface area contributed by atoms with Crippen LogP contribution in [0.4, 0.5) is 5.69 Å². The summed E-state index contributed by atoms with van der Waals surface area (Å²) >= 11 is 0. The highest BCUT2D eigenvalue weighted by Gasteiger charge is 2.59. The first-order valence-electron chi connectivity index (χ1n) is 13.6. The number of benzene rings is 1. The third-order valence-corrected chi connectivity index (χ3v) is 10.8. The Labute approximate surface area is 218 Å². The van der Waals surface area contributed by atoms with Crippen molar-refractivity contribution in [3.05, 3.63) is 29.2 Å². The van der Waals surface area contributed by atoms with Crippen LogP contribution < -0.4 is 5.32 Å². The SMILES string of the molecule is CC(=O)Nc1ccc(S(=O)(=O)N2CCC(C3CCN4C(C3)C(C(=O)N3CCCC3)C(C)[N+]4=O)CC2)cc1. The first kappa shape index (κ1) is 26.1. The van der Waals surface area contributed by atoms with E-state index >= 15 is 0 Å². The lowest BCUT2D eigenvalue weighted by Crippen LogP contribution is -2.49. The lowest BCUT2D eigenvalue weighted by Gasteiger charge is -2.40. The summed E-state index contributed by atoms with van der Waals surface area (Å²) in [7, 11) is -3.61. The maximum absolute atomic E-state index is 13.3. The van der Waals surface area contributed by atoms with Crippen LogP contribution in [0, 0.1) is 22.7 Å². The second-order valence-electron chi connectivity index (χ2n) is 11.1. The highest BCUT2D eigenvalue weighted by molar-refractivity contribution is 7.89. The lowest BCUT2D eigenvalue weighted by atomic mass is 9.74. The molecular formula is C26H38N5O5S+. The van der Waals surface area contributed by atoms with Gasteiger partial charge < -0.3 is 10.2 Å². The summed E-state index contributed by atoms with van der Waals surface area (Å²) in [5.74, 6) is 0.402. The van der Waals surface area contributed by atoms with Gasteiger partial charge in [0.2, 0.25) is 27.9 Å². The molecule has 4 unspecified atom stereocenters. The standard InChI is InChI=1S/C26H37N5O5S/c1-18-25(26(33)28-12-3-4-13-28)24-17-21(11-16-30(24)31(18)34)20-9-14-29(15-10-20)37(35,36)23-7-5-22(6-8-23)27-19(2)32/h5-8,18,20-21,24-25H,3-4,9-17H2,1-2H3/p+1. The van der Waals surface area contributed by atoms with Crippen LogP contribution in [0.1, 0.15) is 52.4 Å². The number of hydrazine groups is 1. The normalized spacial score (nSPS) is 29.4. The van der Waals surface area contributed by atoms with E-state index in [1.54, 1.807) is 16.4 Å². The molecule has 0 spiro atoms. The van der Waals surface area contributed by atoms with Crippen LogP contribution in [0.15, 0.2) is 29.2 Å². The zero-order chi connectivity index (χ0) is 26.3. The number of rotatable bonds is 5. The molecule has 1 aromatic carbocycles. The number of amides is 2. The minimum Gasteiger partial charge on any atom is -0.342 e. The number of carbonyl (C=O) groups is 2. The Morgan fingerprint density at radius 3 is 2.19 bits per heavy atom. The molecule has 4 heterocycles. The molecule has 1 N–H and O–H groups in total. The molecule has 2 amide bonds. The Kier molecular flexibility index (Phi) is 7.28. The fourth-order valence-corrected chi connectivity index (χ4v) is 8.35. The van der Waals surface area contributed by atoms with Gasteiger partial charge >= 0.3 is 0 Å². The molecule has 0 radical (unpaired) electrons. The fourth-order valence-electron chi connectivity index (χ4n) is 6.88. The maximum Gasteiger partial charge on any atom is 0.245 e. The molecule has 4 saturated heterocycles. The molecule has 0 aromatic heterocycles. The number of hydrogen-bond acceptors (Lipinski definition) is 5. The van der Waals surface area contributed by atoms with Crippen molar-refractivity contribution >= 4 is 27.5 Å². The van der Waals surface area contributed by atoms with Gasteiger partial charge in [-0.3, -0.25) is 9.59 Å². The van der Waals surface area contributed by atoms with Crippen LogP contribution >= 0.6 is 0 Å². The number of fused-ring (bicyclic) bond motifs is 1. The third-order valence-electron chi connectivity index (χ3n) is 8.87. The van der Waals surface area contributed by atoms with Crippen molar-refractivity contribution in [2.45, 2.75) is 69.4 Å². The van der Waals surface area contributed by atoms with Crippen LogP contribution in [0.25, 0.3) is 0 Å². The van der Waals surface area contributed by atoms with Gasteiger partial charge in [0.25, 0.3) is 0 Å². The number of nitrogens with one attached hydrogen (secondary N) is 1. The summed E-state index contributed by atoms with van der Waals surface area (Å²) in [5.41, 5.74) is 0.566. The molecule has 37 heavy (non-hydrogen) atoms. The molecule has 4 fully saturated rings. The van der Waals surface area contributed by atoms with E-state index < -0.39 is 10.0 Å². The maximum atomic E-state index is 13.3. The third kappa shape index (κ3) is 4.99. The van der Waals surface area contributed by atoms with E-state index in [0.717, 1.165) is 56.5 Å². The van der Waals surface area contributed by atoms with Crippen LogP contribution in [0.2, 0.25) is 0 Å². The van der Waals surface area contributed by atoms with Gasteiger partial charge in [-0.15, -0.1) is 5.01 Å². The van der Waals surface area contributed by atoms with E-state index in [1.807, 2.05) is 16.8 Å². The molecule has 202 valence electrons. The van der Waals surface area contributed by atoms with Crippen molar-refractivity contribution in [3.8, 4) is 0 Å². The molecule has 4 atom stereocenters. The average molecular weight is 533 g/mol. The molecule has 0 saturated carbocycles. The average Bonchev–Trinajstić information content (AvgIpc) is 3.51. The van der Waals surface area contributed by atoms with E-state index in [4.69, 9.17) is 0 Å². The highest BCUT2D eigenvalue weighted by Crippen LogP contribution is 2.42. The smallest absolute Gasteiger partial charge is 0.245 e. The van der Waals surface area contributed by atoms with Crippen molar-refractivity contribution in [3.63, 3.8) is 0 Å². The van der Waals surface area contributed by atoms with E-state index in [2.05, 4.69) is 5.32 Å². The number of nitrogens with zero attached hydrogens (tertiary/aromatic N) is 4. The van der Waals surface area contributed by atoms with Gasteiger partial charge in [0.05, 0.1) is 16.3 Å². The molecule has 0 aliphatic carbocycles. The van der Waals surface area contributed by atoms with Gasteiger partial charge in [-0.25, -0.2) is 8.42 Å². The Morgan fingerprint density at radius 1 is 0.946 bits per heavy atom. The number of anilines is 1. The van der Waals surface area contributed by atoms with Crippen LogP contribution in [0.5, 0.6) is 0 Å². The molecule has 1 aromatic rings. The number of piperidine rings is 2. The topological polar surface area (TPSA) is 110 Å². The van der Waals surface area contributed by atoms with Gasteiger partial charge in [0.1, 0.15) is 16.8 Å². The van der Waals surface area contributed by atoms with Gasteiger partial charge in [-0.05, 0) is 74.6 Å². The second-order valence-corrected chi connectivity index (χ2v) is 13.0. The number of sulfonamides is 1. The Morgan fingerprint density at radius 2 is 1.57 bits per heavy atom. The molecule has 4 aliphatic heterocycles. The first-order valence-corrected chi connectivity index (χ1v) is 15.0. The monoisotopic (exact) mass is 532 g/mol. The van der Waals surface area contributed by atoms with Crippen molar-refractivity contribution in [1.29, 1.82) is 0 Å². The van der Waals surface area contributed by atoms with Crippen molar-refractivity contribution in [2.75, 3.05) is 38.0 Å². The Hall–Kier alpha value is -2.53. The fraction of sp³-hybridized carbons (Fsp3) is 0.692. The van der Waals surface area contributed by atoms with Crippen molar-refractivity contribution in [2.24, 2.45) is 17.8 Å². The van der Waals surface area contributed by atoms with E-state index in [9.17, 15) is 22.9 Å². The zero-order valence-corrected chi connectivity index (χ0v) is 22.5. The van der Waals surface area contributed by atoms with E-state index in [0.29, 0.717) is 37.2 Å². The Bertz CT molecular complexity index is 1140. The lowest BCUT2D eigenvalue weighted by molar-refractivity contribution is -0.716. The minimum absolute atomic E-state index is 0.0664. The van der Waals surface area contributed by atoms with E-state index in [1.165, 1.54) is 19.1 Å². The van der Waals surface area contributed by atoms with Crippen LogP contribution in [-0.4, -0.2) is 84.1 Å². The van der Waals surface area contributed by atoms with Gasteiger partial charge in [-0.1, -0.05) is 0 Å². The summed E-state index contributed by atoms with van der Waals surface area (Å²) < 4.78 is 28.0. The number of nitroso groups, excluding NO2 is 1. The van der Waals surface area contributed by atoms with Crippen molar-refractivity contribution < 1.29 is 22.9 Å². The van der Waals surface area contributed by atoms with Crippen LogP contribution in [-0.2, 0) is 19.6 Å². The largest absolute Gasteiger partial charge is 0.342 e. The second kappa shape index (κ2) is 10.3. The number of likely N-dealkylation sites (tertiary alicyclic amines) is 1. The zero-order valence-electron chi connectivity index (χ0n) is 21.7. The highest BCUT2D eigenvalue weighted by atomic mass is 32.2. The molecule has 11 heteroatoms. The Balaban J connectivity index is 1.22. The number of hydrogen-bond donors (Lipinski definition) is 1. The molecule has 0 bridgehead atoms. The molecule has 10 nitrogen and oxygen atoms in total. The molecule has 5 rings (SSSR count). The van der Waals surface area contributed by atoms with Gasteiger partial charge in [-0.2, -0.15) is 4.31 Å². The summed E-state index contributed by atoms with van der Waals surface area (Å²) in [6.07, 6.45) is 5.34. The van der Waals surface area contributed by atoms with Crippen molar-refractivity contribution in [1.82, 2.24) is 14.2 Å². The van der Waals surface area contributed by atoms with E-state index in [-0.39, 0.29) is 34.7 Å². The predicted molar refractivity (Wildman–Crippen MR) is 138 cm³/mol. The summed E-state index contributed by atoms with van der Waals surface area (Å²) in [5, 5.41) is 4.53. The van der Waals surface area contributed by atoms with Gasteiger partial charge in [0.15, 0.2) is 0 Å². The predicted octanol–water partition coefficient (Wildman–Crippen LogP) is 2.46. The quantitative estimate of drug-likeness (QED) is 0.584. The summed E-state index contributed by atoms with van der Waals surface area (Å²) in [4.78, 5) is 40.7. The molecule has 4 aliphatic rings. The van der Waals surface area contributed by atoms with Gasteiger partial charge in [0, 0.05) is 45.7 Å². The molecular weight excluding hydrogens is 494 g/mol. The summed E-state index contributed by atoms with van der Waals surface area (Å²) in [6.45, 7) is 6.46.